The average molecular weight is 248 g/mol. The summed E-state index contributed by atoms with van der Waals surface area (Å²) in [6, 6.07) is 9.40. The molecule has 1 aromatic rings. The van der Waals surface area contributed by atoms with Crippen molar-refractivity contribution in [3.63, 3.8) is 0 Å². The number of hydrogen-bond donors (Lipinski definition) is 1. The lowest BCUT2D eigenvalue weighted by Gasteiger charge is -2.28. The van der Waals surface area contributed by atoms with Gasteiger partial charge in [0.2, 0.25) is 0 Å². The van der Waals surface area contributed by atoms with Crippen LogP contribution in [0.4, 0.5) is 5.69 Å². The first-order valence-electron chi connectivity index (χ1n) is 7.04. The maximum Gasteiger partial charge on any atom is 0.0366 e. The SMILES string of the molecule is CC[C@H](N)c1ccc(N(C)C(C)CC(C)C)cc1. The van der Waals surface area contributed by atoms with Crippen LogP contribution in [0.25, 0.3) is 0 Å². The van der Waals surface area contributed by atoms with Crippen molar-refractivity contribution in [3.8, 4) is 0 Å². The van der Waals surface area contributed by atoms with E-state index >= 15 is 0 Å². The van der Waals surface area contributed by atoms with E-state index in [0.717, 1.165) is 12.3 Å². The van der Waals surface area contributed by atoms with Crippen molar-refractivity contribution < 1.29 is 0 Å². The molecule has 0 radical (unpaired) electrons. The van der Waals surface area contributed by atoms with Crippen molar-refractivity contribution in [3.05, 3.63) is 29.8 Å². The predicted molar refractivity (Wildman–Crippen MR) is 81.0 cm³/mol. The number of hydrogen-bond acceptors (Lipinski definition) is 2. The number of nitrogens with zero attached hydrogens (tertiary/aromatic N) is 1. The smallest absolute Gasteiger partial charge is 0.0366 e. The molecule has 0 fully saturated rings. The van der Waals surface area contributed by atoms with Crippen molar-refractivity contribution >= 4 is 5.69 Å². The van der Waals surface area contributed by atoms with E-state index in [-0.39, 0.29) is 6.04 Å². The molecular formula is C16H28N2. The topological polar surface area (TPSA) is 29.3 Å². The highest BCUT2D eigenvalue weighted by Gasteiger charge is 2.12. The molecule has 0 aliphatic rings. The van der Waals surface area contributed by atoms with Crippen LogP contribution in [0.1, 0.15) is 52.1 Å². The fourth-order valence-electron chi connectivity index (χ4n) is 2.29. The molecule has 1 unspecified atom stereocenters. The van der Waals surface area contributed by atoms with Gasteiger partial charge in [0.1, 0.15) is 0 Å². The Morgan fingerprint density at radius 3 is 2.11 bits per heavy atom. The summed E-state index contributed by atoms with van der Waals surface area (Å²) in [5, 5.41) is 0. The van der Waals surface area contributed by atoms with Gasteiger partial charge < -0.3 is 10.6 Å². The van der Waals surface area contributed by atoms with Gasteiger partial charge in [-0.2, -0.15) is 0 Å². The Balaban J connectivity index is 2.72. The van der Waals surface area contributed by atoms with Crippen LogP contribution < -0.4 is 10.6 Å². The van der Waals surface area contributed by atoms with E-state index in [9.17, 15) is 0 Å². The van der Waals surface area contributed by atoms with Crippen LogP contribution in [0.5, 0.6) is 0 Å². The number of anilines is 1. The molecule has 2 atom stereocenters. The maximum atomic E-state index is 6.03. The summed E-state index contributed by atoms with van der Waals surface area (Å²) in [4.78, 5) is 2.35. The monoisotopic (exact) mass is 248 g/mol. The van der Waals surface area contributed by atoms with Crippen molar-refractivity contribution in [1.29, 1.82) is 0 Å². The third kappa shape index (κ3) is 4.02. The van der Waals surface area contributed by atoms with Crippen LogP contribution in [0.3, 0.4) is 0 Å². The lowest BCUT2D eigenvalue weighted by molar-refractivity contribution is 0.504. The number of benzene rings is 1. The van der Waals surface area contributed by atoms with E-state index in [1.54, 1.807) is 0 Å². The van der Waals surface area contributed by atoms with Crippen molar-refractivity contribution in [2.75, 3.05) is 11.9 Å². The van der Waals surface area contributed by atoms with Crippen molar-refractivity contribution in [1.82, 2.24) is 0 Å². The lowest BCUT2D eigenvalue weighted by atomic mass is 10.0. The van der Waals surface area contributed by atoms with Gasteiger partial charge in [-0.25, -0.2) is 0 Å². The van der Waals surface area contributed by atoms with Gasteiger partial charge in [-0.05, 0) is 43.4 Å². The minimum atomic E-state index is 0.164. The molecule has 2 N–H and O–H groups in total. The van der Waals surface area contributed by atoms with Crippen LogP contribution in [-0.4, -0.2) is 13.1 Å². The quantitative estimate of drug-likeness (QED) is 0.825. The van der Waals surface area contributed by atoms with Crippen LogP contribution in [0.2, 0.25) is 0 Å². The van der Waals surface area contributed by atoms with Crippen LogP contribution in [-0.2, 0) is 0 Å². The van der Waals surface area contributed by atoms with Gasteiger partial charge in [-0.15, -0.1) is 0 Å². The van der Waals surface area contributed by atoms with Gasteiger partial charge in [0.05, 0.1) is 0 Å². The third-order valence-corrected chi connectivity index (χ3v) is 3.64. The summed E-state index contributed by atoms with van der Waals surface area (Å²) in [5.41, 5.74) is 8.53. The van der Waals surface area contributed by atoms with E-state index < -0.39 is 0 Å². The molecule has 2 nitrogen and oxygen atoms in total. The Labute approximate surface area is 112 Å². The summed E-state index contributed by atoms with van der Waals surface area (Å²) in [5.74, 6) is 0.732. The molecule has 0 saturated heterocycles. The summed E-state index contributed by atoms with van der Waals surface area (Å²) in [6.45, 7) is 8.95. The Kier molecular flexibility index (Phi) is 5.67. The van der Waals surface area contributed by atoms with Crippen molar-refractivity contribution in [2.24, 2.45) is 11.7 Å². The third-order valence-electron chi connectivity index (χ3n) is 3.64. The molecule has 0 aliphatic heterocycles. The molecule has 0 aromatic heterocycles. The summed E-state index contributed by atoms with van der Waals surface area (Å²) in [6.07, 6.45) is 2.20. The first-order valence-corrected chi connectivity index (χ1v) is 7.04. The molecule has 1 rings (SSSR count). The Morgan fingerprint density at radius 1 is 1.11 bits per heavy atom. The molecule has 102 valence electrons. The summed E-state index contributed by atoms with van der Waals surface area (Å²) in [7, 11) is 2.17. The molecule has 0 aliphatic carbocycles. The number of rotatable bonds is 6. The largest absolute Gasteiger partial charge is 0.372 e. The fraction of sp³-hybridized carbons (Fsp3) is 0.625. The minimum absolute atomic E-state index is 0.164. The van der Waals surface area contributed by atoms with Gasteiger partial charge >= 0.3 is 0 Å². The van der Waals surface area contributed by atoms with E-state index in [1.165, 1.54) is 17.7 Å². The van der Waals surface area contributed by atoms with Gasteiger partial charge in [-0.3, -0.25) is 0 Å². The zero-order valence-electron chi connectivity index (χ0n) is 12.5. The Bertz CT molecular complexity index is 343. The minimum Gasteiger partial charge on any atom is -0.372 e. The zero-order chi connectivity index (χ0) is 13.7. The van der Waals surface area contributed by atoms with Crippen molar-refractivity contribution in [2.45, 2.75) is 52.6 Å². The van der Waals surface area contributed by atoms with Gasteiger partial charge in [0, 0.05) is 24.8 Å². The van der Waals surface area contributed by atoms with Crippen LogP contribution in [0, 0.1) is 5.92 Å². The normalized spacial score (nSPS) is 14.6. The Morgan fingerprint density at radius 2 is 1.67 bits per heavy atom. The lowest BCUT2D eigenvalue weighted by Crippen LogP contribution is -2.30. The summed E-state index contributed by atoms with van der Waals surface area (Å²) >= 11 is 0. The molecule has 2 heteroatoms. The molecule has 0 spiro atoms. The fourth-order valence-corrected chi connectivity index (χ4v) is 2.29. The molecule has 0 amide bonds. The molecular weight excluding hydrogens is 220 g/mol. The summed E-state index contributed by atoms with van der Waals surface area (Å²) < 4.78 is 0. The average Bonchev–Trinajstić information content (AvgIpc) is 2.36. The second-order valence-corrected chi connectivity index (χ2v) is 5.70. The van der Waals surface area contributed by atoms with Gasteiger partial charge in [0.25, 0.3) is 0 Å². The highest BCUT2D eigenvalue weighted by Crippen LogP contribution is 2.22. The van der Waals surface area contributed by atoms with E-state index in [2.05, 4.69) is 63.9 Å². The predicted octanol–water partition coefficient (Wildman–Crippen LogP) is 3.97. The van der Waals surface area contributed by atoms with Gasteiger partial charge in [0.15, 0.2) is 0 Å². The van der Waals surface area contributed by atoms with Crippen LogP contribution >= 0.6 is 0 Å². The van der Waals surface area contributed by atoms with Gasteiger partial charge in [-0.1, -0.05) is 32.9 Å². The molecule has 0 bridgehead atoms. The standard InChI is InChI=1S/C16H28N2/c1-6-16(17)14-7-9-15(10-8-14)18(5)13(4)11-12(2)3/h7-10,12-13,16H,6,11,17H2,1-5H3/t13?,16-/m0/s1. The molecule has 1 aromatic carbocycles. The van der Waals surface area contributed by atoms with Crippen LogP contribution in [0.15, 0.2) is 24.3 Å². The highest BCUT2D eigenvalue weighted by atomic mass is 15.1. The maximum absolute atomic E-state index is 6.03. The Hall–Kier alpha value is -1.02. The molecule has 0 heterocycles. The zero-order valence-corrected chi connectivity index (χ0v) is 12.5. The first-order chi connectivity index (χ1) is 8.45. The van der Waals surface area contributed by atoms with E-state index in [0.29, 0.717) is 6.04 Å². The van der Waals surface area contributed by atoms with E-state index in [1.807, 2.05) is 0 Å². The first kappa shape index (κ1) is 15.0. The molecule has 18 heavy (non-hydrogen) atoms. The molecule has 0 saturated carbocycles. The second-order valence-electron chi connectivity index (χ2n) is 5.70. The second kappa shape index (κ2) is 6.79. The number of nitrogens with two attached hydrogens (primary N) is 1. The van der Waals surface area contributed by atoms with E-state index in [4.69, 9.17) is 5.73 Å². The highest BCUT2D eigenvalue weighted by molar-refractivity contribution is 5.48.